The van der Waals surface area contributed by atoms with Gasteiger partial charge in [-0.3, -0.25) is 0 Å². The number of nitrogens with zero attached hydrogens (tertiary/aromatic N) is 1. The molecule has 64 valence electrons. The van der Waals surface area contributed by atoms with Crippen molar-refractivity contribution in [1.82, 2.24) is 0 Å². The van der Waals surface area contributed by atoms with E-state index in [-0.39, 0.29) is 0 Å². The molecule has 0 spiro atoms. The van der Waals surface area contributed by atoms with Crippen molar-refractivity contribution in [3.05, 3.63) is 11.6 Å². The standard InChI is InChI=1S/C9H17NO/c1-8(2)6-5-7-9(3)10-11-4/h6H,5,7H2,1-4H3/b10-9+. The van der Waals surface area contributed by atoms with Crippen LogP contribution in [0.3, 0.4) is 0 Å². The molecule has 0 bridgehead atoms. The van der Waals surface area contributed by atoms with E-state index in [1.807, 2.05) is 6.92 Å². The third-order valence-electron chi connectivity index (χ3n) is 1.31. The van der Waals surface area contributed by atoms with Gasteiger partial charge in [-0.05, 0) is 33.6 Å². The van der Waals surface area contributed by atoms with Crippen LogP contribution in [-0.2, 0) is 4.84 Å². The Balaban J connectivity index is 3.54. The van der Waals surface area contributed by atoms with E-state index in [1.165, 1.54) is 5.57 Å². The molecule has 2 nitrogen and oxygen atoms in total. The molecule has 0 fully saturated rings. The Morgan fingerprint density at radius 1 is 1.36 bits per heavy atom. The zero-order valence-corrected chi connectivity index (χ0v) is 7.85. The summed E-state index contributed by atoms with van der Waals surface area (Å²) in [7, 11) is 1.57. The molecule has 0 aliphatic rings. The molecular weight excluding hydrogens is 138 g/mol. The van der Waals surface area contributed by atoms with E-state index in [0.717, 1.165) is 18.6 Å². The molecule has 0 aromatic rings. The highest BCUT2D eigenvalue weighted by Crippen LogP contribution is 1.98. The minimum Gasteiger partial charge on any atom is -0.399 e. The molecule has 0 N–H and O–H groups in total. The molecule has 0 rings (SSSR count). The molecule has 0 atom stereocenters. The summed E-state index contributed by atoms with van der Waals surface area (Å²) in [6.07, 6.45) is 4.24. The summed E-state index contributed by atoms with van der Waals surface area (Å²) in [4.78, 5) is 4.63. The second-order valence-electron chi connectivity index (χ2n) is 2.83. The van der Waals surface area contributed by atoms with Crippen LogP contribution < -0.4 is 0 Å². The van der Waals surface area contributed by atoms with Crippen molar-refractivity contribution < 1.29 is 4.84 Å². The van der Waals surface area contributed by atoms with Crippen molar-refractivity contribution in [2.24, 2.45) is 5.16 Å². The Kier molecular flexibility index (Phi) is 5.53. The molecule has 0 aliphatic carbocycles. The number of hydrogen-bond donors (Lipinski definition) is 0. The van der Waals surface area contributed by atoms with Crippen LogP contribution in [0.5, 0.6) is 0 Å². The lowest BCUT2D eigenvalue weighted by molar-refractivity contribution is 0.212. The van der Waals surface area contributed by atoms with Gasteiger partial charge in [0.2, 0.25) is 0 Å². The maximum absolute atomic E-state index is 4.63. The van der Waals surface area contributed by atoms with E-state index in [2.05, 4.69) is 29.9 Å². The van der Waals surface area contributed by atoms with Gasteiger partial charge in [-0.1, -0.05) is 16.8 Å². The second-order valence-corrected chi connectivity index (χ2v) is 2.83. The Morgan fingerprint density at radius 2 is 2.00 bits per heavy atom. The van der Waals surface area contributed by atoms with Crippen LogP contribution in [0.4, 0.5) is 0 Å². The molecule has 0 aromatic heterocycles. The van der Waals surface area contributed by atoms with Crippen molar-refractivity contribution >= 4 is 5.71 Å². The lowest BCUT2D eigenvalue weighted by Gasteiger charge is -1.95. The number of allylic oxidation sites excluding steroid dienone is 2. The monoisotopic (exact) mass is 155 g/mol. The van der Waals surface area contributed by atoms with Gasteiger partial charge in [0.1, 0.15) is 7.11 Å². The molecule has 0 saturated heterocycles. The molecule has 0 unspecified atom stereocenters. The second kappa shape index (κ2) is 5.96. The van der Waals surface area contributed by atoms with E-state index in [0.29, 0.717) is 0 Å². The molecule has 0 aliphatic heterocycles. The highest BCUT2D eigenvalue weighted by molar-refractivity contribution is 5.81. The van der Waals surface area contributed by atoms with Gasteiger partial charge >= 0.3 is 0 Å². The van der Waals surface area contributed by atoms with Crippen LogP contribution in [0.1, 0.15) is 33.6 Å². The van der Waals surface area contributed by atoms with Crippen molar-refractivity contribution in [2.45, 2.75) is 33.6 Å². The van der Waals surface area contributed by atoms with Gasteiger partial charge in [0.15, 0.2) is 0 Å². The quantitative estimate of drug-likeness (QED) is 0.347. The van der Waals surface area contributed by atoms with Gasteiger partial charge in [-0.15, -0.1) is 0 Å². The highest BCUT2D eigenvalue weighted by atomic mass is 16.6. The molecule has 0 heterocycles. The molecule has 2 heteroatoms. The minimum absolute atomic E-state index is 0.985. The summed E-state index contributed by atoms with van der Waals surface area (Å²) >= 11 is 0. The SMILES string of the molecule is CO/N=C(\C)CCC=C(C)C. The van der Waals surface area contributed by atoms with Crippen molar-refractivity contribution in [1.29, 1.82) is 0 Å². The molecule has 11 heavy (non-hydrogen) atoms. The summed E-state index contributed by atoms with van der Waals surface area (Å²) < 4.78 is 0. The first-order valence-electron chi connectivity index (χ1n) is 3.86. The van der Waals surface area contributed by atoms with Crippen LogP contribution in [0, 0.1) is 0 Å². The first-order valence-corrected chi connectivity index (χ1v) is 3.86. The Hall–Kier alpha value is -0.790. The first kappa shape index (κ1) is 10.2. The fourth-order valence-electron chi connectivity index (χ4n) is 0.771. The van der Waals surface area contributed by atoms with Crippen molar-refractivity contribution in [2.75, 3.05) is 7.11 Å². The highest BCUT2D eigenvalue weighted by Gasteiger charge is 1.89. The van der Waals surface area contributed by atoms with Gasteiger partial charge in [0.05, 0.1) is 5.71 Å². The largest absolute Gasteiger partial charge is 0.399 e. The lowest BCUT2D eigenvalue weighted by atomic mass is 10.2. The third-order valence-corrected chi connectivity index (χ3v) is 1.31. The van der Waals surface area contributed by atoms with E-state index < -0.39 is 0 Å². The summed E-state index contributed by atoms with van der Waals surface area (Å²) in [5, 5.41) is 3.81. The fourth-order valence-corrected chi connectivity index (χ4v) is 0.771. The lowest BCUT2D eigenvalue weighted by Crippen LogP contribution is -1.90. The molecule has 0 radical (unpaired) electrons. The van der Waals surface area contributed by atoms with Gasteiger partial charge < -0.3 is 4.84 Å². The van der Waals surface area contributed by atoms with Crippen LogP contribution in [0.15, 0.2) is 16.8 Å². The topological polar surface area (TPSA) is 21.6 Å². The average Bonchev–Trinajstić information content (AvgIpc) is 1.87. The van der Waals surface area contributed by atoms with Gasteiger partial charge in [0.25, 0.3) is 0 Å². The van der Waals surface area contributed by atoms with E-state index in [4.69, 9.17) is 0 Å². The Bertz CT molecular complexity index is 155. The molecule has 0 aromatic carbocycles. The van der Waals surface area contributed by atoms with E-state index in [9.17, 15) is 0 Å². The smallest absolute Gasteiger partial charge is 0.106 e. The molecule has 0 saturated carbocycles. The van der Waals surface area contributed by atoms with Gasteiger partial charge in [-0.2, -0.15) is 0 Å². The predicted octanol–water partition coefficient (Wildman–Crippen LogP) is 2.76. The van der Waals surface area contributed by atoms with Crippen LogP contribution in [-0.4, -0.2) is 12.8 Å². The summed E-state index contributed by atoms with van der Waals surface area (Å²) in [6, 6.07) is 0. The maximum Gasteiger partial charge on any atom is 0.106 e. The van der Waals surface area contributed by atoms with Gasteiger partial charge in [0, 0.05) is 0 Å². The molecule has 0 amide bonds. The Labute approximate surface area is 68.9 Å². The van der Waals surface area contributed by atoms with E-state index >= 15 is 0 Å². The summed E-state index contributed by atoms with van der Waals surface area (Å²) in [5.74, 6) is 0. The Morgan fingerprint density at radius 3 is 2.45 bits per heavy atom. The number of oxime groups is 1. The summed E-state index contributed by atoms with van der Waals surface area (Å²) in [5.41, 5.74) is 2.40. The molecular formula is C9H17NO. The predicted molar refractivity (Wildman–Crippen MR) is 48.8 cm³/mol. The van der Waals surface area contributed by atoms with Crippen molar-refractivity contribution in [3.8, 4) is 0 Å². The van der Waals surface area contributed by atoms with Crippen LogP contribution in [0.25, 0.3) is 0 Å². The van der Waals surface area contributed by atoms with Crippen molar-refractivity contribution in [3.63, 3.8) is 0 Å². The summed E-state index contributed by atoms with van der Waals surface area (Å²) in [6.45, 7) is 6.17. The zero-order chi connectivity index (χ0) is 8.69. The van der Waals surface area contributed by atoms with Crippen LogP contribution in [0.2, 0.25) is 0 Å². The van der Waals surface area contributed by atoms with Gasteiger partial charge in [-0.25, -0.2) is 0 Å². The normalized spacial score (nSPS) is 11.1. The van der Waals surface area contributed by atoms with E-state index in [1.54, 1.807) is 7.11 Å². The number of hydrogen-bond acceptors (Lipinski definition) is 2. The van der Waals surface area contributed by atoms with Crippen LogP contribution >= 0.6 is 0 Å². The first-order chi connectivity index (χ1) is 5.16. The third kappa shape index (κ3) is 7.10. The maximum atomic E-state index is 4.63. The fraction of sp³-hybridized carbons (Fsp3) is 0.667. The number of rotatable bonds is 4. The zero-order valence-electron chi connectivity index (χ0n) is 7.85. The minimum atomic E-state index is 0.985. The average molecular weight is 155 g/mol.